The van der Waals surface area contributed by atoms with E-state index in [1.54, 1.807) is 19.2 Å². The molecule has 7 rings (SSSR count). The molecule has 10 nitrogen and oxygen atoms in total. The molecule has 1 aromatic heterocycles. The number of nitrogens with one attached hydrogen (secondary N) is 1. The van der Waals surface area contributed by atoms with Crippen LogP contribution in [-0.2, 0) is 26.3 Å². The monoisotopic (exact) mass is 593 g/mol. The fourth-order valence-electron chi connectivity index (χ4n) is 7.45. The summed E-state index contributed by atoms with van der Waals surface area (Å²) in [6.07, 6.45) is 6.08. The summed E-state index contributed by atoms with van der Waals surface area (Å²) in [5, 5.41) is 11.5. The number of aromatic nitrogens is 1. The average Bonchev–Trinajstić information content (AvgIpc) is 3.68. The summed E-state index contributed by atoms with van der Waals surface area (Å²) in [6, 6.07) is 11.3. The molecule has 2 N–H and O–H groups in total. The number of carboxylic acids is 1. The van der Waals surface area contributed by atoms with Gasteiger partial charge in [-0.3, -0.25) is 9.59 Å². The molecule has 2 aliphatic carbocycles. The molecule has 2 aliphatic heterocycles. The first-order chi connectivity index (χ1) is 20.2. The molecule has 4 aliphatic rings. The second kappa shape index (κ2) is 10.1. The number of benzene rings is 2. The summed E-state index contributed by atoms with van der Waals surface area (Å²) in [6.45, 7) is 1.20. The Morgan fingerprint density at radius 1 is 1.07 bits per heavy atom. The summed E-state index contributed by atoms with van der Waals surface area (Å²) in [5.41, 5.74) is 4.23. The van der Waals surface area contributed by atoms with Crippen LogP contribution in [0.3, 0.4) is 0 Å². The lowest BCUT2D eigenvalue weighted by Crippen LogP contribution is -2.48. The molecule has 3 aromatic rings. The molecule has 1 amide bonds. The van der Waals surface area contributed by atoms with Gasteiger partial charge in [-0.2, -0.15) is 12.7 Å². The van der Waals surface area contributed by atoms with Crippen molar-refractivity contribution in [2.24, 2.45) is 5.41 Å². The Balaban J connectivity index is 1.39. The van der Waals surface area contributed by atoms with Gasteiger partial charge in [0.1, 0.15) is 5.75 Å². The SMILES string of the molecule is COc1ccc2c(c1)C1CC1(C(=O)O)Cn1c-2c(C2CCCCC2)c2ccc(C(=O)NS(=O)(=O)N3CCOCC3)cc21. The molecular formula is C31H35N3O7S. The van der Waals surface area contributed by atoms with Gasteiger partial charge in [0, 0.05) is 47.6 Å². The Kier molecular flexibility index (Phi) is 6.59. The molecular weight excluding hydrogens is 558 g/mol. The predicted octanol–water partition coefficient (Wildman–Crippen LogP) is 4.24. The molecule has 222 valence electrons. The average molecular weight is 594 g/mol. The van der Waals surface area contributed by atoms with E-state index >= 15 is 0 Å². The smallest absolute Gasteiger partial charge is 0.312 e. The normalized spacial score (nSPS) is 24.3. The number of aliphatic carboxylic acids is 1. The number of hydrogen-bond donors (Lipinski definition) is 2. The number of nitrogens with zero attached hydrogens (tertiary/aromatic N) is 2. The summed E-state index contributed by atoms with van der Waals surface area (Å²) in [7, 11) is -2.41. The second-order valence-electron chi connectivity index (χ2n) is 12.0. The molecule has 2 unspecified atom stereocenters. The highest BCUT2D eigenvalue weighted by Gasteiger charge is 2.63. The van der Waals surface area contributed by atoms with Crippen molar-refractivity contribution in [1.82, 2.24) is 13.6 Å². The van der Waals surface area contributed by atoms with Gasteiger partial charge in [0.05, 0.1) is 31.4 Å². The Labute approximate surface area is 244 Å². The quantitative estimate of drug-likeness (QED) is 0.438. The Morgan fingerprint density at radius 3 is 2.55 bits per heavy atom. The van der Waals surface area contributed by atoms with E-state index < -0.39 is 27.5 Å². The molecule has 3 heterocycles. The number of ether oxygens (including phenoxy) is 2. The minimum atomic E-state index is -4.03. The maximum atomic E-state index is 13.3. The van der Waals surface area contributed by atoms with Crippen molar-refractivity contribution in [1.29, 1.82) is 0 Å². The zero-order valence-electron chi connectivity index (χ0n) is 23.6. The van der Waals surface area contributed by atoms with Crippen molar-refractivity contribution in [3.63, 3.8) is 0 Å². The first kappa shape index (κ1) is 27.4. The summed E-state index contributed by atoms with van der Waals surface area (Å²) in [4.78, 5) is 26.1. The zero-order chi connectivity index (χ0) is 29.2. The van der Waals surface area contributed by atoms with E-state index in [1.807, 2.05) is 24.3 Å². The van der Waals surface area contributed by atoms with Crippen LogP contribution in [0.25, 0.3) is 22.2 Å². The summed E-state index contributed by atoms with van der Waals surface area (Å²) in [5.74, 6) is -0.678. The molecule has 0 spiro atoms. The first-order valence-electron chi connectivity index (χ1n) is 14.7. The van der Waals surface area contributed by atoms with Crippen molar-refractivity contribution >= 4 is 33.0 Å². The summed E-state index contributed by atoms with van der Waals surface area (Å²) >= 11 is 0. The maximum absolute atomic E-state index is 13.3. The standard InChI is InChI=1S/C31H35N3O7S/c1-40-21-8-10-22-24(16-21)25-17-31(25,30(36)37)18-34-26-15-20(29(35)32-42(38,39)33-11-13-41-14-12-33)7-9-23(26)27(28(22)34)19-5-3-2-4-6-19/h7-10,15-16,19,25H,2-6,11-14,17-18H2,1H3,(H,32,35)(H,36,37). The van der Waals surface area contributed by atoms with Crippen LogP contribution in [0.5, 0.6) is 5.75 Å². The Morgan fingerprint density at radius 2 is 1.83 bits per heavy atom. The zero-order valence-corrected chi connectivity index (χ0v) is 24.4. The van der Waals surface area contributed by atoms with Crippen molar-refractivity contribution in [2.45, 2.75) is 56.9 Å². The van der Waals surface area contributed by atoms with Crippen molar-refractivity contribution < 1.29 is 32.6 Å². The lowest BCUT2D eigenvalue weighted by Gasteiger charge is -2.25. The lowest BCUT2D eigenvalue weighted by molar-refractivity contribution is -0.144. The third-order valence-corrected chi connectivity index (χ3v) is 11.2. The number of hydrogen-bond acceptors (Lipinski definition) is 6. The first-order valence-corrected chi connectivity index (χ1v) is 16.2. The van der Waals surface area contributed by atoms with Gasteiger partial charge in [-0.05, 0) is 66.6 Å². The third-order valence-electron chi connectivity index (χ3n) is 9.74. The fourth-order valence-corrected chi connectivity index (χ4v) is 8.56. The number of rotatable bonds is 6. The van der Waals surface area contributed by atoms with Crippen LogP contribution in [0.4, 0.5) is 0 Å². The minimum absolute atomic E-state index is 0.139. The van der Waals surface area contributed by atoms with Crippen molar-refractivity contribution in [3.05, 3.63) is 53.1 Å². The fraction of sp³-hybridized carbons (Fsp3) is 0.484. The van der Waals surface area contributed by atoms with Gasteiger partial charge < -0.3 is 19.1 Å². The van der Waals surface area contributed by atoms with E-state index in [9.17, 15) is 23.1 Å². The topological polar surface area (TPSA) is 127 Å². The van der Waals surface area contributed by atoms with Crippen LogP contribution in [0.2, 0.25) is 0 Å². The number of methoxy groups -OCH3 is 1. The van der Waals surface area contributed by atoms with Gasteiger partial charge in [-0.15, -0.1) is 0 Å². The van der Waals surface area contributed by atoms with E-state index in [4.69, 9.17) is 9.47 Å². The number of carbonyl (C=O) groups excluding carboxylic acids is 1. The molecule has 42 heavy (non-hydrogen) atoms. The Bertz CT molecular complexity index is 1700. The van der Waals surface area contributed by atoms with Crippen LogP contribution in [0, 0.1) is 5.41 Å². The molecule has 3 fully saturated rings. The van der Waals surface area contributed by atoms with Crippen LogP contribution >= 0.6 is 0 Å². The number of amides is 1. The van der Waals surface area contributed by atoms with Crippen LogP contribution in [0.1, 0.15) is 71.8 Å². The highest BCUT2D eigenvalue weighted by molar-refractivity contribution is 7.87. The van der Waals surface area contributed by atoms with E-state index in [1.165, 1.54) is 16.3 Å². The molecule has 2 aromatic carbocycles. The van der Waals surface area contributed by atoms with E-state index in [-0.39, 0.29) is 44.3 Å². The molecule has 11 heteroatoms. The highest BCUT2D eigenvalue weighted by Crippen LogP contribution is 2.65. The lowest BCUT2D eigenvalue weighted by atomic mass is 9.81. The van der Waals surface area contributed by atoms with Gasteiger partial charge in [0.2, 0.25) is 0 Å². The van der Waals surface area contributed by atoms with Crippen LogP contribution in [0.15, 0.2) is 36.4 Å². The number of fused-ring (bicyclic) bond motifs is 7. The van der Waals surface area contributed by atoms with E-state index in [0.29, 0.717) is 18.1 Å². The molecule has 2 saturated carbocycles. The van der Waals surface area contributed by atoms with Crippen LogP contribution < -0.4 is 9.46 Å². The third kappa shape index (κ3) is 4.32. The van der Waals surface area contributed by atoms with E-state index in [2.05, 4.69) is 9.29 Å². The number of carboxylic acid groups (broad SMARTS) is 1. The predicted molar refractivity (Wildman–Crippen MR) is 156 cm³/mol. The van der Waals surface area contributed by atoms with Gasteiger partial charge in [0.15, 0.2) is 0 Å². The number of carbonyl (C=O) groups is 2. The van der Waals surface area contributed by atoms with Crippen molar-refractivity contribution in [3.8, 4) is 17.0 Å². The maximum Gasteiger partial charge on any atom is 0.312 e. The highest BCUT2D eigenvalue weighted by atomic mass is 32.2. The number of morpholine rings is 1. The molecule has 0 radical (unpaired) electrons. The van der Waals surface area contributed by atoms with E-state index in [0.717, 1.165) is 53.4 Å². The van der Waals surface area contributed by atoms with Gasteiger partial charge in [-0.25, -0.2) is 4.72 Å². The van der Waals surface area contributed by atoms with Gasteiger partial charge in [0.25, 0.3) is 5.91 Å². The second-order valence-corrected chi connectivity index (χ2v) is 13.7. The molecule has 0 bridgehead atoms. The van der Waals surface area contributed by atoms with Gasteiger partial charge in [-0.1, -0.05) is 25.3 Å². The van der Waals surface area contributed by atoms with Gasteiger partial charge >= 0.3 is 16.2 Å². The van der Waals surface area contributed by atoms with Crippen LogP contribution in [-0.4, -0.2) is 67.7 Å². The largest absolute Gasteiger partial charge is 0.497 e. The summed E-state index contributed by atoms with van der Waals surface area (Å²) < 4.78 is 42.2. The Hall–Kier alpha value is -3.41. The van der Waals surface area contributed by atoms with Crippen molar-refractivity contribution in [2.75, 3.05) is 33.4 Å². The molecule has 2 atom stereocenters. The minimum Gasteiger partial charge on any atom is -0.497 e. The molecule has 1 saturated heterocycles.